The maximum Gasteiger partial charge on any atom is 0.0363 e. The Morgan fingerprint density at radius 2 is 1.93 bits per heavy atom. The van der Waals surface area contributed by atoms with Gasteiger partial charge in [0.1, 0.15) is 0 Å². The first-order valence-electron chi connectivity index (χ1n) is 5.71. The van der Waals surface area contributed by atoms with E-state index in [0.717, 1.165) is 19.6 Å². The molecule has 0 fully saturated rings. The molecule has 1 aromatic rings. The molecule has 2 heteroatoms. The van der Waals surface area contributed by atoms with Crippen LogP contribution in [-0.2, 0) is 0 Å². The van der Waals surface area contributed by atoms with E-state index in [9.17, 15) is 0 Å². The van der Waals surface area contributed by atoms with Gasteiger partial charge in [-0.25, -0.2) is 0 Å². The van der Waals surface area contributed by atoms with Crippen molar-refractivity contribution in [3.63, 3.8) is 0 Å². The maximum atomic E-state index is 3.38. The lowest BCUT2D eigenvalue weighted by atomic mass is 10.1. The molecule has 2 nitrogen and oxygen atoms in total. The number of nitrogens with zero attached hydrogens (tertiary/aromatic N) is 1. The largest absolute Gasteiger partial charge is 0.374 e. The molecule has 1 rings (SSSR count). The second-order valence-electron chi connectivity index (χ2n) is 4.13. The summed E-state index contributed by atoms with van der Waals surface area (Å²) in [5, 5.41) is 3.38. The maximum absolute atomic E-state index is 3.38. The van der Waals surface area contributed by atoms with Crippen molar-refractivity contribution < 1.29 is 0 Å². The zero-order chi connectivity index (χ0) is 11.1. The molecule has 0 aliphatic rings. The highest BCUT2D eigenvalue weighted by molar-refractivity contribution is 5.44. The Bertz CT molecular complexity index is 258. The summed E-state index contributed by atoms with van der Waals surface area (Å²) in [6, 6.07) is 10.5. The number of rotatable bonds is 6. The van der Waals surface area contributed by atoms with Gasteiger partial charge in [-0.15, -0.1) is 0 Å². The SMILES string of the molecule is CCNCC(C)CN(C)c1ccccc1. The minimum atomic E-state index is 0.676. The Morgan fingerprint density at radius 1 is 1.27 bits per heavy atom. The van der Waals surface area contributed by atoms with Crippen LogP contribution in [0.5, 0.6) is 0 Å². The smallest absolute Gasteiger partial charge is 0.0363 e. The van der Waals surface area contributed by atoms with Gasteiger partial charge >= 0.3 is 0 Å². The lowest BCUT2D eigenvalue weighted by molar-refractivity contribution is 0.523. The van der Waals surface area contributed by atoms with Gasteiger partial charge in [0.25, 0.3) is 0 Å². The van der Waals surface area contributed by atoms with E-state index in [1.54, 1.807) is 0 Å². The zero-order valence-electron chi connectivity index (χ0n) is 10.0. The fourth-order valence-corrected chi connectivity index (χ4v) is 1.71. The van der Waals surface area contributed by atoms with Crippen LogP contribution in [0.4, 0.5) is 5.69 Å². The van der Waals surface area contributed by atoms with Gasteiger partial charge in [-0.3, -0.25) is 0 Å². The van der Waals surface area contributed by atoms with E-state index >= 15 is 0 Å². The predicted molar refractivity (Wildman–Crippen MR) is 67.4 cm³/mol. The van der Waals surface area contributed by atoms with E-state index in [1.165, 1.54) is 5.69 Å². The van der Waals surface area contributed by atoms with Gasteiger partial charge in [0, 0.05) is 19.3 Å². The van der Waals surface area contributed by atoms with Gasteiger partial charge in [0.05, 0.1) is 0 Å². The van der Waals surface area contributed by atoms with Crippen molar-refractivity contribution in [2.24, 2.45) is 5.92 Å². The highest BCUT2D eigenvalue weighted by Crippen LogP contribution is 2.12. The quantitative estimate of drug-likeness (QED) is 0.768. The summed E-state index contributed by atoms with van der Waals surface area (Å²) >= 11 is 0. The lowest BCUT2D eigenvalue weighted by Crippen LogP contribution is -2.30. The second kappa shape index (κ2) is 6.46. The minimum absolute atomic E-state index is 0.676. The molecule has 0 saturated carbocycles. The average Bonchev–Trinajstić information content (AvgIpc) is 2.27. The van der Waals surface area contributed by atoms with Gasteiger partial charge in [-0.1, -0.05) is 32.0 Å². The molecule has 0 radical (unpaired) electrons. The highest BCUT2D eigenvalue weighted by atomic mass is 15.1. The molecule has 0 heterocycles. The summed E-state index contributed by atoms with van der Waals surface area (Å²) in [4.78, 5) is 2.31. The van der Waals surface area contributed by atoms with Crippen LogP contribution in [0.25, 0.3) is 0 Å². The molecular formula is C13H22N2. The van der Waals surface area contributed by atoms with E-state index < -0.39 is 0 Å². The normalized spacial score (nSPS) is 12.5. The average molecular weight is 206 g/mol. The molecule has 1 aromatic carbocycles. The topological polar surface area (TPSA) is 15.3 Å². The fraction of sp³-hybridized carbons (Fsp3) is 0.538. The number of benzene rings is 1. The van der Waals surface area contributed by atoms with E-state index in [4.69, 9.17) is 0 Å². The van der Waals surface area contributed by atoms with Crippen LogP contribution in [0.2, 0.25) is 0 Å². The first-order chi connectivity index (χ1) is 7.24. The van der Waals surface area contributed by atoms with Crippen molar-refractivity contribution >= 4 is 5.69 Å². The van der Waals surface area contributed by atoms with E-state index in [1.807, 2.05) is 0 Å². The molecule has 0 saturated heterocycles. The summed E-state index contributed by atoms with van der Waals surface area (Å²) < 4.78 is 0. The molecule has 15 heavy (non-hydrogen) atoms. The fourth-order valence-electron chi connectivity index (χ4n) is 1.71. The summed E-state index contributed by atoms with van der Waals surface area (Å²) in [6.45, 7) is 7.67. The van der Waals surface area contributed by atoms with Crippen LogP contribution in [0.3, 0.4) is 0 Å². The molecule has 0 aliphatic heterocycles. The van der Waals surface area contributed by atoms with Crippen molar-refractivity contribution in [1.29, 1.82) is 0 Å². The minimum Gasteiger partial charge on any atom is -0.374 e. The lowest BCUT2D eigenvalue weighted by Gasteiger charge is -2.23. The molecule has 0 amide bonds. The van der Waals surface area contributed by atoms with Gasteiger partial charge in [-0.2, -0.15) is 0 Å². The van der Waals surface area contributed by atoms with E-state index in [2.05, 4.69) is 61.4 Å². The monoisotopic (exact) mass is 206 g/mol. The number of anilines is 1. The van der Waals surface area contributed by atoms with Crippen molar-refractivity contribution in [2.45, 2.75) is 13.8 Å². The van der Waals surface area contributed by atoms with Crippen LogP contribution in [0.15, 0.2) is 30.3 Å². The van der Waals surface area contributed by atoms with Crippen molar-refractivity contribution in [1.82, 2.24) is 5.32 Å². The third-order valence-electron chi connectivity index (χ3n) is 2.53. The van der Waals surface area contributed by atoms with Crippen molar-refractivity contribution in [3.8, 4) is 0 Å². The molecule has 1 atom stereocenters. The molecule has 0 aromatic heterocycles. The first kappa shape index (κ1) is 12.1. The zero-order valence-corrected chi connectivity index (χ0v) is 10.0. The Kier molecular flexibility index (Phi) is 5.19. The van der Waals surface area contributed by atoms with Crippen LogP contribution in [0, 0.1) is 5.92 Å². The van der Waals surface area contributed by atoms with Gasteiger partial charge in [0.2, 0.25) is 0 Å². The Hall–Kier alpha value is -1.02. The summed E-state index contributed by atoms with van der Waals surface area (Å²) in [6.07, 6.45) is 0. The number of hydrogen-bond donors (Lipinski definition) is 1. The predicted octanol–water partition coefficient (Wildman–Crippen LogP) is 2.37. The molecule has 0 spiro atoms. The van der Waals surface area contributed by atoms with Gasteiger partial charge in [-0.05, 0) is 31.1 Å². The van der Waals surface area contributed by atoms with Crippen molar-refractivity contribution in [3.05, 3.63) is 30.3 Å². The van der Waals surface area contributed by atoms with E-state index in [0.29, 0.717) is 5.92 Å². The van der Waals surface area contributed by atoms with Crippen LogP contribution < -0.4 is 10.2 Å². The molecule has 84 valence electrons. The third-order valence-corrected chi connectivity index (χ3v) is 2.53. The molecule has 0 bridgehead atoms. The summed E-state index contributed by atoms with van der Waals surface area (Å²) in [7, 11) is 2.15. The van der Waals surface area contributed by atoms with Crippen molar-refractivity contribution in [2.75, 3.05) is 31.6 Å². The number of nitrogens with one attached hydrogen (secondary N) is 1. The Labute approximate surface area is 93.3 Å². The second-order valence-corrected chi connectivity index (χ2v) is 4.13. The van der Waals surface area contributed by atoms with Crippen LogP contribution in [-0.4, -0.2) is 26.7 Å². The van der Waals surface area contributed by atoms with Gasteiger partial charge in [0.15, 0.2) is 0 Å². The highest BCUT2D eigenvalue weighted by Gasteiger charge is 2.05. The van der Waals surface area contributed by atoms with Crippen LogP contribution in [0.1, 0.15) is 13.8 Å². The molecular weight excluding hydrogens is 184 g/mol. The number of para-hydroxylation sites is 1. The molecule has 0 aliphatic carbocycles. The molecule has 1 N–H and O–H groups in total. The summed E-state index contributed by atoms with van der Waals surface area (Å²) in [5.41, 5.74) is 1.29. The molecule has 1 unspecified atom stereocenters. The van der Waals surface area contributed by atoms with E-state index in [-0.39, 0.29) is 0 Å². The van der Waals surface area contributed by atoms with Crippen LogP contribution >= 0.6 is 0 Å². The Balaban J connectivity index is 2.38. The summed E-state index contributed by atoms with van der Waals surface area (Å²) in [5.74, 6) is 0.676. The Morgan fingerprint density at radius 3 is 2.53 bits per heavy atom. The number of hydrogen-bond acceptors (Lipinski definition) is 2. The third kappa shape index (κ3) is 4.34. The first-order valence-corrected chi connectivity index (χ1v) is 5.71. The standard InChI is InChI=1S/C13H22N2/c1-4-14-10-12(2)11-15(3)13-8-6-5-7-9-13/h5-9,12,14H,4,10-11H2,1-3H3. The van der Waals surface area contributed by atoms with Gasteiger partial charge < -0.3 is 10.2 Å².